The highest BCUT2D eigenvalue weighted by Crippen LogP contribution is 2.36. The van der Waals surface area contributed by atoms with Crippen LogP contribution in [0.15, 0.2) is 47.1 Å². The number of nitrogens with one attached hydrogen (secondary N) is 1. The third-order valence-corrected chi connectivity index (χ3v) is 4.40. The fourth-order valence-corrected chi connectivity index (χ4v) is 3.18. The van der Waals surface area contributed by atoms with Crippen LogP contribution in [0.1, 0.15) is 30.2 Å². The Bertz CT molecular complexity index is 730. The molecule has 2 aromatic rings. The standard InChI is InChI=1S/C18H19FN2O3/c1-21-16(22)8-7-15(17(21)12-4-2-5-13(19)10-12)18(23)20-11-14-6-3-9-24-14/h2-6,9-10,15,17H,7-8,11H2,1H3,(H,20,23)/t15-,17-/m0/s1. The molecule has 2 atom stereocenters. The number of furan rings is 1. The maximum absolute atomic E-state index is 13.6. The summed E-state index contributed by atoms with van der Waals surface area (Å²) in [5.74, 6) is -0.358. The van der Waals surface area contributed by atoms with E-state index in [1.807, 2.05) is 0 Å². The summed E-state index contributed by atoms with van der Waals surface area (Å²) in [5, 5.41) is 2.84. The van der Waals surface area contributed by atoms with E-state index in [0.717, 1.165) is 0 Å². The summed E-state index contributed by atoms with van der Waals surface area (Å²) in [7, 11) is 1.66. The molecule has 1 aliphatic heterocycles. The van der Waals surface area contributed by atoms with Crippen molar-refractivity contribution in [3.05, 3.63) is 59.8 Å². The molecule has 1 saturated heterocycles. The summed E-state index contributed by atoms with van der Waals surface area (Å²) >= 11 is 0. The largest absolute Gasteiger partial charge is 0.467 e. The van der Waals surface area contributed by atoms with Gasteiger partial charge < -0.3 is 14.6 Å². The van der Waals surface area contributed by atoms with Gasteiger partial charge in [-0.25, -0.2) is 4.39 Å². The predicted octanol–water partition coefficient (Wildman–Crippen LogP) is 2.64. The molecule has 1 N–H and O–H groups in total. The van der Waals surface area contributed by atoms with Gasteiger partial charge in [-0.05, 0) is 36.2 Å². The molecule has 0 saturated carbocycles. The van der Waals surface area contributed by atoms with Crippen molar-refractivity contribution in [3.63, 3.8) is 0 Å². The fourth-order valence-electron chi connectivity index (χ4n) is 3.18. The number of piperidine rings is 1. The summed E-state index contributed by atoms with van der Waals surface area (Å²) < 4.78 is 18.8. The lowest BCUT2D eigenvalue weighted by Gasteiger charge is -2.38. The molecule has 1 fully saturated rings. The van der Waals surface area contributed by atoms with Gasteiger partial charge in [0.05, 0.1) is 24.8 Å². The summed E-state index contributed by atoms with van der Waals surface area (Å²) in [5.41, 5.74) is 0.628. The highest BCUT2D eigenvalue weighted by molar-refractivity contribution is 5.84. The van der Waals surface area contributed by atoms with Crippen LogP contribution < -0.4 is 5.32 Å². The van der Waals surface area contributed by atoms with E-state index in [-0.39, 0.29) is 24.2 Å². The molecule has 24 heavy (non-hydrogen) atoms. The number of carbonyl (C=O) groups excluding carboxylic acids is 2. The molecule has 0 aliphatic carbocycles. The maximum Gasteiger partial charge on any atom is 0.225 e. The fraction of sp³-hybridized carbons (Fsp3) is 0.333. The number of carbonyl (C=O) groups is 2. The molecular weight excluding hydrogens is 311 g/mol. The second kappa shape index (κ2) is 6.86. The third-order valence-electron chi connectivity index (χ3n) is 4.40. The Labute approximate surface area is 139 Å². The Hall–Kier alpha value is -2.63. The van der Waals surface area contributed by atoms with Crippen molar-refractivity contribution < 1.29 is 18.4 Å². The quantitative estimate of drug-likeness (QED) is 0.937. The molecule has 0 unspecified atom stereocenters. The van der Waals surface area contributed by atoms with Crippen LogP contribution in [0, 0.1) is 11.7 Å². The minimum absolute atomic E-state index is 0.0423. The van der Waals surface area contributed by atoms with Gasteiger partial charge in [0.25, 0.3) is 0 Å². The van der Waals surface area contributed by atoms with Crippen LogP contribution in [0.5, 0.6) is 0 Å². The number of halogens is 1. The first-order chi connectivity index (χ1) is 11.6. The minimum atomic E-state index is -0.474. The van der Waals surface area contributed by atoms with Crippen LogP contribution in [0.3, 0.4) is 0 Å². The van der Waals surface area contributed by atoms with Gasteiger partial charge in [-0.2, -0.15) is 0 Å². The molecule has 1 aliphatic rings. The van der Waals surface area contributed by atoms with Gasteiger partial charge in [-0.3, -0.25) is 9.59 Å². The molecule has 3 rings (SSSR count). The van der Waals surface area contributed by atoms with Crippen molar-refractivity contribution in [2.24, 2.45) is 5.92 Å². The van der Waals surface area contributed by atoms with E-state index in [9.17, 15) is 14.0 Å². The molecule has 5 nitrogen and oxygen atoms in total. The molecule has 0 radical (unpaired) electrons. The lowest BCUT2D eigenvalue weighted by molar-refractivity contribution is -0.141. The Morgan fingerprint density at radius 1 is 1.38 bits per heavy atom. The molecular formula is C18H19FN2O3. The van der Waals surface area contributed by atoms with Gasteiger partial charge in [-0.1, -0.05) is 12.1 Å². The predicted molar refractivity (Wildman–Crippen MR) is 85.2 cm³/mol. The number of nitrogens with zero attached hydrogens (tertiary/aromatic N) is 1. The summed E-state index contributed by atoms with van der Waals surface area (Å²) in [4.78, 5) is 26.2. The Morgan fingerprint density at radius 3 is 2.92 bits per heavy atom. The third kappa shape index (κ3) is 3.32. The van der Waals surface area contributed by atoms with E-state index >= 15 is 0 Å². The molecule has 126 valence electrons. The van der Waals surface area contributed by atoms with Crippen molar-refractivity contribution in [2.75, 3.05) is 7.05 Å². The molecule has 2 heterocycles. The molecule has 2 amide bonds. The average molecular weight is 330 g/mol. The lowest BCUT2D eigenvalue weighted by Crippen LogP contribution is -2.46. The van der Waals surface area contributed by atoms with Gasteiger partial charge in [-0.15, -0.1) is 0 Å². The molecule has 1 aromatic heterocycles. The second-order valence-corrected chi connectivity index (χ2v) is 5.95. The van der Waals surface area contributed by atoms with E-state index < -0.39 is 12.0 Å². The molecule has 1 aromatic carbocycles. The normalized spacial score (nSPS) is 20.9. The maximum atomic E-state index is 13.6. The number of rotatable bonds is 4. The number of amides is 2. The minimum Gasteiger partial charge on any atom is -0.467 e. The van der Waals surface area contributed by atoms with Crippen LogP contribution in [0.4, 0.5) is 4.39 Å². The summed E-state index contributed by atoms with van der Waals surface area (Å²) in [6.45, 7) is 0.288. The second-order valence-electron chi connectivity index (χ2n) is 5.95. The van der Waals surface area contributed by atoms with Crippen LogP contribution >= 0.6 is 0 Å². The topological polar surface area (TPSA) is 62.6 Å². The smallest absolute Gasteiger partial charge is 0.225 e. The highest BCUT2D eigenvalue weighted by Gasteiger charge is 2.38. The summed E-state index contributed by atoms with van der Waals surface area (Å²) in [6.07, 6.45) is 2.29. The summed E-state index contributed by atoms with van der Waals surface area (Å²) in [6, 6.07) is 9.13. The SMILES string of the molecule is CN1C(=O)CC[C@H](C(=O)NCc2ccco2)[C@@H]1c1cccc(F)c1. The van der Waals surface area contributed by atoms with Crippen LogP contribution in [0.25, 0.3) is 0 Å². The van der Waals surface area contributed by atoms with Gasteiger partial charge >= 0.3 is 0 Å². The average Bonchev–Trinajstić information content (AvgIpc) is 3.08. The van der Waals surface area contributed by atoms with Crippen LogP contribution in [-0.4, -0.2) is 23.8 Å². The first-order valence-corrected chi connectivity index (χ1v) is 7.87. The zero-order chi connectivity index (χ0) is 17.1. The monoisotopic (exact) mass is 330 g/mol. The molecule has 6 heteroatoms. The number of benzene rings is 1. The van der Waals surface area contributed by atoms with Crippen LogP contribution in [0.2, 0.25) is 0 Å². The first kappa shape index (κ1) is 16.2. The van der Waals surface area contributed by atoms with Crippen molar-refractivity contribution in [3.8, 4) is 0 Å². The zero-order valence-corrected chi connectivity index (χ0v) is 13.4. The highest BCUT2D eigenvalue weighted by atomic mass is 19.1. The van der Waals surface area contributed by atoms with E-state index in [2.05, 4.69) is 5.32 Å². The van der Waals surface area contributed by atoms with E-state index in [1.54, 1.807) is 37.6 Å². The van der Waals surface area contributed by atoms with Crippen molar-refractivity contribution in [1.82, 2.24) is 10.2 Å². The van der Waals surface area contributed by atoms with Gasteiger partial charge in [0.15, 0.2) is 0 Å². The first-order valence-electron chi connectivity index (χ1n) is 7.87. The number of hydrogen-bond donors (Lipinski definition) is 1. The Morgan fingerprint density at radius 2 is 2.21 bits per heavy atom. The van der Waals surface area contributed by atoms with Crippen LogP contribution in [-0.2, 0) is 16.1 Å². The van der Waals surface area contributed by atoms with Gasteiger partial charge in [0, 0.05) is 13.5 Å². The van der Waals surface area contributed by atoms with Crippen molar-refractivity contribution in [2.45, 2.75) is 25.4 Å². The van der Waals surface area contributed by atoms with Crippen molar-refractivity contribution >= 4 is 11.8 Å². The van der Waals surface area contributed by atoms with Crippen molar-refractivity contribution in [1.29, 1.82) is 0 Å². The van der Waals surface area contributed by atoms with E-state index in [0.29, 0.717) is 24.2 Å². The van der Waals surface area contributed by atoms with Gasteiger partial charge in [0.1, 0.15) is 11.6 Å². The van der Waals surface area contributed by atoms with Gasteiger partial charge in [0.2, 0.25) is 11.8 Å². The molecule has 0 spiro atoms. The van der Waals surface area contributed by atoms with E-state index in [4.69, 9.17) is 4.42 Å². The Balaban J connectivity index is 1.80. The lowest BCUT2D eigenvalue weighted by atomic mass is 9.84. The number of hydrogen-bond acceptors (Lipinski definition) is 3. The number of likely N-dealkylation sites (tertiary alicyclic amines) is 1. The zero-order valence-electron chi connectivity index (χ0n) is 13.4. The Kier molecular flexibility index (Phi) is 4.64. The molecule has 0 bridgehead atoms. The van der Waals surface area contributed by atoms with E-state index in [1.165, 1.54) is 17.0 Å².